The van der Waals surface area contributed by atoms with E-state index in [1.54, 1.807) is 0 Å². The molecule has 1 rings (SSSR count). The van der Waals surface area contributed by atoms with E-state index in [-0.39, 0.29) is 24.0 Å². The van der Waals surface area contributed by atoms with Gasteiger partial charge in [0.05, 0.1) is 7.11 Å². The van der Waals surface area contributed by atoms with Crippen molar-refractivity contribution in [3.05, 3.63) is 34.9 Å². The fourth-order valence-electron chi connectivity index (χ4n) is 1.97. The smallest absolute Gasteiger partial charge is 0.323 e. The van der Waals surface area contributed by atoms with Crippen molar-refractivity contribution >= 4 is 17.6 Å². The van der Waals surface area contributed by atoms with E-state index in [1.165, 1.54) is 7.11 Å². The van der Waals surface area contributed by atoms with Gasteiger partial charge in [0.2, 0.25) is 0 Å². The Labute approximate surface area is 120 Å². The fraction of sp³-hybridized carbons (Fsp3) is 0.533. The van der Waals surface area contributed by atoms with Crippen LogP contribution in [0, 0.1) is 5.92 Å². The van der Waals surface area contributed by atoms with Gasteiger partial charge < -0.3 is 4.74 Å². The molecule has 4 heteroatoms. The summed E-state index contributed by atoms with van der Waals surface area (Å²) in [4.78, 5) is 11.8. The fourth-order valence-corrected chi connectivity index (χ4v) is 2.17. The lowest BCUT2D eigenvalue weighted by Crippen LogP contribution is -2.43. The highest BCUT2D eigenvalue weighted by molar-refractivity contribution is 6.30. The maximum absolute atomic E-state index is 11.8. The topological polar surface area (TPSA) is 38.3 Å². The Bertz CT molecular complexity index is 422. The Morgan fingerprint density at radius 1 is 1.42 bits per heavy atom. The van der Waals surface area contributed by atoms with E-state index in [4.69, 9.17) is 16.3 Å². The number of methoxy groups -OCH3 is 1. The second-order valence-corrected chi connectivity index (χ2v) is 5.27. The van der Waals surface area contributed by atoms with Gasteiger partial charge in [0.15, 0.2) is 0 Å². The first-order chi connectivity index (χ1) is 8.99. The van der Waals surface area contributed by atoms with Crippen molar-refractivity contribution in [3.63, 3.8) is 0 Å². The first kappa shape index (κ1) is 16.0. The zero-order valence-electron chi connectivity index (χ0n) is 11.9. The lowest BCUT2D eigenvalue weighted by molar-refractivity contribution is -0.144. The molecule has 0 amide bonds. The molecule has 1 N–H and O–H groups in total. The monoisotopic (exact) mass is 283 g/mol. The van der Waals surface area contributed by atoms with Crippen LogP contribution in [-0.4, -0.2) is 19.1 Å². The molecule has 106 valence electrons. The molecule has 3 unspecified atom stereocenters. The van der Waals surface area contributed by atoms with Crippen molar-refractivity contribution in [2.45, 2.75) is 39.3 Å². The molecule has 0 spiro atoms. The standard InChI is InChI=1S/C15H22ClNO2/c1-5-10(2)14(15(18)19-4)17-11(3)12-7-6-8-13(16)9-12/h6-11,14,17H,5H2,1-4H3. The van der Waals surface area contributed by atoms with E-state index in [9.17, 15) is 4.79 Å². The molecule has 3 atom stereocenters. The molecule has 1 aromatic rings. The average Bonchev–Trinajstić information content (AvgIpc) is 2.42. The van der Waals surface area contributed by atoms with Gasteiger partial charge in [-0.3, -0.25) is 10.1 Å². The van der Waals surface area contributed by atoms with E-state index >= 15 is 0 Å². The van der Waals surface area contributed by atoms with E-state index in [0.29, 0.717) is 5.02 Å². The largest absolute Gasteiger partial charge is 0.468 e. The summed E-state index contributed by atoms with van der Waals surface area (Å²) in [6, 6.07) is 7.38. The van der Waals surface area contributed by atoms with Crippen LogP contribution in [0.25, 0.3) is 0 Å². The zero-order chi connectivity index (χ0) is 14.4. The van der Waals surface area contributed by atoms with Crippen molar-refractivity contribution in [2.24, 2.45) is 5.92 Å². The number of halogens is 1. The quantitative estimate of drug-likeness (QED) is 0.811. The van der Waals surface area contributed by atoms with Gasteiger partial charge in [-0.25, -0.2) is 0 Å². The van der Waals surface area contributed by atoms with Crippen LogP contribution in [0.5, 0.6) is 0 Å². The van der Waals surface area contributed by atoms with Crippen molar-refractivity contribution in [2.75, 3.05) is 7.11 Å². The van der Waals surface area contributed by atoms with E-state index in [1.807, 2.05) is 38.1 Å². The third-order valence-electron chi connectivity index (χ3n) is 3.45. The summed E-state index contributed by atoms with van der Waals surface area (Å²) in [6.45, 7) is 6.12. The molecular formula is C15H22ClNO2. The van der Waals surface area contributed by atoms with Crippen LogP contribution >= 0.6 is 11.6 Å². The molecule has 0 aliphatic rings. The maximum Gasteiger partial charge on any atom is 0.323 e. The summed E-state index contributed by atoms with van der Waals surface area (Å²) in [5.41, 5.74) is 1.06. The normalized spacial score (nSPS) is 15.6. The summed E-state index contributed by atoms with van der Waals surface area (Å²) >= 11 is 5.99. The van der Waals surface area contributed by atoms with E-state index < -0.39 is 0 Å². The number of hydrogen-bond acceptors (Lipinski definition) is 3. The molecule has 0 aliphatic heterocycles. The summed E-state index contributed by atoms with van der Waals surface area (Å²) < 4.78 is 4.87. The highest BCUT2D eigenvalue weighted by Gasteiger charge is 2.26. The van der Waals surface area contributed by atoms with Crippen LogP contribution in [0.2, 0.25) is 5.02 Å². The summed E-state index contributed by atoms with van der Waals surface area (Å²) in [5.74, 6) is -0.00249. The molecule has 19 heavy (non-hydrogen) atoms. The predicted molar refractivity (Wildman–Crippen MR) is 78.3 cm³/mol. The molecule has 3 nitrogen and oxygen atoms in total. The maximum atomic E-state index is 11.8. The first-order valence-electron chi connectivity index (χ1n) is 6.58. The van der Waals surface area contributed by atoms with Gasteiger partial charge in [0.1, 0.15) is 6.04 Å². The summed E-state index contributed by atoms with van der Waals surface area (Å²) in [7, 11) is 1.42. The van der Waals surface area contributed by atoms with Crippen LogP contribution < -0.4 is 5.32 Å². The Morgan fingerprint density at radius 2 is 2.11 bits per heavy atom. The minimum atomic E-state index is -0.302. The van der Waals surface area contributed by atoms with Crippen molar-refractivity contribution in [1.29, 1.82) is 0 Å². The third kappa shape index (κ3) is 4.51. The van der Waals surface area contributed by atoms with Crippen LogP contribution in [0.1, 0.15) is 38.8 Å². The minimum absolute atomic E-state index is 0.0387. The van der Waals surface area contributed by atoms with Gasteiger partial charge in [-0.1, -0.05) is 44.0 Å². The molecule has 0 saturated heterocycles. The number of rotatable bonds is 6. The summed E-state index contributed by atoms with van der Waals surface area (Å²) in [5, 5.41) is 4.03. The van der Waals surface area contributed by atoms with Crippen molar-refractivity contribution in [3.8, 4) is 0 Å². The van der Waals surface area contributed by atoms with Gasteiger partial charge in [-0.15, -0.1) is 0 Å². The third-order valence-corrected chi connectivity index (χ3v) is 3.68. The number of ether oxygens (including phenoxy) is 1. The molecule has 0 radical (unpaired) electrons. The van der Waals surface area contributed by atoms with Gasteiger partial charge in [-0.05, 0) is 30.5 Å². The van der Waals surface area contributed by atoms with Crippen LogP contribution in [0.3, 0.4) is 0 Å². The highest BCUT2D eigenvalue weighted by atomic mass is 35.5. The predicted octanol–water partition coefficient (Wildman–Crippen LogP) is 3.58. The molecular weight excluding hydrogens is 262 g/mol. The molecule has 0 aliphatic carbocycles. The number of carbonyl (C=O) groups excluding carboxylic acids is 1. The molecule has 0 fully saturated rings. The number of carbonyl (C=O) groups is 1. The average molecular weight is 284 g/mol. The van der Waals surface area contributed by atoms with E-state index in [0.717, 1.165) is 12.0 Å². The Morgan fingerprint density at radius 3 is 2.63 bits per heavy atom. The molecule has 0 bridgehead atoms. The second kappa shape index (κ2) is 7.51. The second-order valence-electron chi connectivity index (χ2n) is 4.83. The minimum Gasteiger partial charge on any atom is -0.468 e. The molecule has 1 aromatic carbocycles. The first-order valence-corrected chi connectivity index (χ1v) is 6.96. The molecule has 0 aromatic heterocycles. The van der Waals surface area contributed by atoms with Gasteiger partial charge in [0.25, 0.3) is 0 Å². The Kier molecular flexibility index (Phi) is 6.32. The van der Waals surface area contributed by atoms with Crippen molar-refractivity contribution in [1.82, 2.24) is 5.32 Å². The van der Waals surface area contributed by atoms with Gasteiger partial charge in [-0.2, -0.15) is 0 Å². The number of hydrogen-bond donors (Lipinski definition) is 1. The SMILES string of the molecule is CCC(C)C(NC(C)c1cccc(Cl)c1)C(=O)OC. The summed E-state index contributed by atoms with van der Waals surface area (Å²) in [6.07, 6.45) is 0.912. The Hall–Kier alpha value is -1.06. The van der Waals surface area contributed by atoms with Gasteiger partial charge in [0, 0.05) is 11.1 Å². The number of benzene rings is 1. The van der Waals surface area contributed by atoms with Crippen LogP contribution in [0.4, 0.5) is 0 Å². The molecule has 0 saturated carbocycles. The Balaban J connectivity index is 2.81. The van der Waals surface area contributed by atoms with Crippen LogP contribution in [-0.2, 0) is 9.53 Å². The number of esters is 1. The van der Waals surface area contributed by atoms with Crippen molar-refractivity contribution < 1.29 is 9.53 Å². The zero-order valence-corrected chi connectivity index (χ0v) is 12.7. The highest BCUT2D eigenvalue weighted by Crippen LogP contribution is 2.20. The van der Waals surface area contributed by atoms with Crippen LogP contribution in [0.15, 0.2) is 24.3 Å². The molecule has 0 heterocycles. The van der Waals surface area contributed by atoms with E-state index in [2.05, 4.69) is 12.2 Å². The lowest BCUT2D eigenvalue weighted by atomic mass is 9.97. The lowest BCUT2D eigenvalue weighted by Gasteiger charge is -2.26. The van der Waals surface area contributed by atoms with Gasteiger partial charge >= 0.3 is 5.97 Å². The number of nitrogens with one attached hydrogen (secondary N) is 1.